The molecule has 0 aliphatic rings. The maximum Gasteiger partial charge on any atom is 0.222 e. The van der Waals surface area contributed by atoms with Crippen LogP contribution in [0.1, 0.15) is 39.5 Å². The Balaban J connectivity index is 1.36. The largest absolute Gasteiger partial charge is 0.458 e. The number of benzene rings is 4. The summed E-state index contributed by atoms with van der Waals surface area (Å²) in [5.74, 6) is 3.46. The van der Waals surface area contributed by atoms with E-state index in [2.05, 4.69) is 13.8 Å². The second-order valence-electron chi connectivity index (χ2n) is 10.1. The molecule has 4 aromatic rings. The standard InChI is InChI=1S/C34H42O4Si2/c1-3-33(35-29-19-9-5-10-20-29,36-30-21-11-6-12-22-30)39-27-17-18-28-40-34(4-2,37-31-23-13-7-14-24-31)38-32-25-15-8-16-26-32/h5-16,19-26H,3-4,17-18,27-28,39-40H2,1-2H3. The molecule has 210 valence electrons. The summed E-state index contributed by atoms with van der Waals surface area (Å²) in [7, 11) is -1.44. The van der Waals surface area contributed by atoms with Crippen molar-refractivity contribution in [3.05, 3.63) is 121 Å². The molecule has 0 aromatic heterocycles. The van der Waals surface area contributed by atoms with Crippen LogP contribution in [0.15, 0.2) is 121 Å². The van der Waals surface area contributed by atoms with Crippen LogP contribution in [0.5, 0.6) is 23.0 Å². The van der Waals surface area contributed by atoms with E-state index in [-0.39, 0.29) is 0 Å². The van der Waals surface area contributed by atoms with Gasteiger partial charge in [-0.2, -0.15) is 0 Å². The number of hydrogen-bond acceptors (Lipinski definition) is 4. The van der Waals surface area contributed by atoms with E-state index in [0.29, 0.717) is 0 Å². The summed E-state index contributed by atoms with van der Waals surface area (Å²) in [5, 5.41) is 0. The van der Waals surface area contributed by atoms with E-state index in [1.165, 1.54) is 0 Å². The van der Waals surface area contributed by atoms with E-state index in [1.807, 2.05) is 121 Å². The van der Waals surface area contributed by atoms with Crippen molar-refractivity contribution >= 4 is 19.0 Å². The van der Waals surface area contributed by atoms with Crippen molar-refractivity contribution in [3.8, 4) is 23.0 Å². The Hall–Kier alpha value is -3.49. The van der Waals surface area contributed by atoms with Crippen LogP contribution in [0.3, 0.4) is 0 Å². The van der Waals surface area contributed by atoms with Crippen LogP contribution in [0.2, 0.25) is 12.1 Å². The van der Waals surface area contributed by atoms with Gasteiger partial charge in [-0.3, -0.25) is 0 Å². The van der Waals surface area contributed by atoms with Gasteiger partial charge in [0.25, 0.3) is 0 Å². The molecule has 4 rings (SSSR count). The van der Waals surface area contributed by atoms with Crippen molar-refractivity contribution in [2.75, 3.05) is 0 Å². The topological polar surface area (TPSA) is 36.9 Å². The number of para-hydroxylation sites is 4. The molecule has 0 aliphatic heterocycles. The molecule has 4 aromatic carbocycles. The Bertz CT molecular complexity index is 1040. The lowest BCUT2D eigenvalue weighted by atomic mass is 10.3. The molecule has 0 heterocycles. The molecule has 0 bridgehead atoms. The highest BCUT2D eigenvalue weighted by Gasteiger charge is 2.34. The Morgan fingerprint density at radius 2 is 0.675 bits per heavy atom. The summed E-state index contributed by atoms with van der Waals surface area (Å²) in [5.41, 5.74) is -1.14. The molecular formula is C34H42O4Si2. The minimum Gasteiger partial charge on any atom is -0.458 e. The average molecular weight is 571 g/mol. The third-order valence-corrected chi connectivity index (χ3v) is 11.9. The molecule has 0 N–H and O–H groups in total. The van der Waals surface area contributed by atoms with E-state index >= 15 is 0 Å². The molecule has 40 heavy (non-hydrogen) atoms. The molecule has 0 amide bonds. The molecule has 0 saturated carbocycles. The highest BCUT2D eigenvalue weighted by Crippen LogP contribution is 2.28. The van der Waals surface area contributed by atoms with Crippen LogP contribution < -0.4 is 18.9 Å². The minimum absolute atomic E-state index is 0.569. The lowest BCUT2D eigenvalue weighted by Crippen LogP contribution is -2.48. The summed E-state index contributed by atoms with van der Waals surface area (Å²) < 4.78 is 26.3. The first-order chi connectivity index (χ1) is 19.6. The fourth-order valence-electron chi connectivity index (χ4n) is 4.84. The fraction of sp³-hybridized carbons (Fsp3) is 0.294. The molecule has 0 saturated heterocycles. The number of unbranched alkanes of at least 4 members (excludes halogenated alkanes) is 1. The van der Waals surface area contributed by atoms with E-state index in [1.54, 1.807) is 0 Å². The number of hydrogen-bond donors (Lipinski definition) is 0. The van der Waals surface area contributed by atoms with Crippen molar-refractivity contribution in [3.63, 3.8) is 0 Å². The zero-order valence-corrected chi connectivity index (χ0v) is 26.7. The fourth-order valence-corrected chi connectivity index (χ4v) is 8.91. The highest BCUT2D eigenvalue weighted by molar-refractivity contribution is 6.40. The lowest BCUT2D eigenvalue weighted by molar-refractivity contribution is -0.0453. The average Bonchev–Trinajstić information content (AvgIpc) is 3.01. The maximum atomic E-state index is 6.57. The Kier molecular flexibility index (Phi) is 11.3. The normalized spacial score (nSPS) is 12.2. The zero-order valence-electron chi connectivity index (χ0n) is 23.8. The van der Waals surface area contributed by atoms with Crippen LogP contribution in [0, 0.1) is 0 Å². The van der Waals surface area contributed by atoms with Gasteiger partial charge in [0.05, 0.1) is 0 Å². The predicted octanol–water partition coefficient (Wildman–Crippen LogP) is 7.38. The summed E-state index contributed by atoms with van der Waals surface area (Å²) in [6.45, 7) is 4.34. The molecule has 4 nitrogen and oxygen atoms in total. The van der Waals surface area contributed by atoms with Gasteiger partial charge in [0.15, 0.2) is 0 Å². The molecule has 6 heteroatoms. The van der Waals surface area contributed by atoms with Crippen LogP contribution in [-0.4, -0.2) is 29.9 Å². The zero-order chi connectivity index (χ0) is 27.9. The van der Waals surface area contributed by atoms with Gasteiger partial charge < -0.3 is 18.9 Å². The molecule has 0 spiro atoms. The first-order valence-electron chi connectivity index (χ1n) is 14.6. The summed E-state index contributed by atoms with van der Waals surface area (Å²) in [6.07, 6.45) is 3.94. The van der Waals surface area contributed by atoms with Crippen molar-refractivity contribution in [2.45, 2.75) is 62.4 Å². The van der Waals surface area contributed by atoms with Gasteiger partial charge in [-0.1, -0.05) is 112 Å². The second kappa shape index (κ2) is 15.3. The molecule has 0 atom stereocenters. The molecule has 0 unspecified atom stereocenters. The van der Waals surface area contributed by atoms with Gasteiger partial charge in [-0.15, -0.1) is 0 Å². The predicted molar refractivity (Wildman–Crippen MR) is 170 cm³/mol. The smallest absolute Gasteiger partial charge is 0.222 e. The monoisotopic (exact) mass is 570 g/mol. The first kappa shape index (κ1) is 29.5. The minimum atomic E-state index is -0.722. The highest BCUT2D eigenvalue weighted by atomic mass is 28.2. The van der Waals surface area contributed by atoms with Crippen LogP contribution >= 0.6 is 0 Å². The van der Waals surface area contributed by atoms with E-state index in [4.69, 9.17) is 18.9 Å². The SMILES string of the molecule is CCC(Oc1ccccc1)(Oc1ccccc1)[SiH2]CCCC[SiH2]C(CC)(Oc1ccccc1)Oc1ccccc1. The lowest BCUT2D eigenvalue weighted by Gasteiger charge is -2.35. The first-order valence-corrected chi connectivity index (χ1v) is 18.0. The van der Waals surface area contributed by atoms with Crippen LogP contribution in [0.4, 0.5) is 0 Å². The van der Waals surface area contributed by atoms with Crippen molar-refractivity contribution < 1.29 is 18.9 Å². The van der Waals surface area contributed by atoms with Gasteiger partial charge >= 0.3 is 0 Å². The van der Waals surface area contributed by atoms with Crippen molar-refractivity contribution in [2.24, 2.45) is 0 Å². The third kappa shape index (κ3) is 9.03. The number of rotatable bonds is 17. The van der Waals surface area contributed by atoms with Crippen LogP contribution in [0.25, 0.3) is 0 Å². The Morgan fingerprint density at radius 3 is 0.900 bits per heavy atom. The number of ether oxygens (including phenoxy) is 4. The van der Waals surface area contributed by atoms with E-state index < -0.39 is 29.9 Å². The van der Waals surface area contributed by atoms with Gasteiger partial charge in [-0.05, 0) is 48.5 Å². The Labute approximate surface area is 244 Å². The maximum absolute atomic E-state index is 6.57. The summed E-state index contributed by atoms with van der Waals surface area (Å²) in [6, 6.07) is 42.6. The third-order valence-electron chi connectivity index (χ3n) is 7.13. The van der Waals surface area contributed by atoms with E-state index in [9.17, 15) is 0 Å². The van der Waals surface area contributed by atoms with Crippen molar-refractivity contribution in [1.82, 2.24) is 0 Å². The van der Waals surface area contributed by atoms with E-state index in [0.717, 1.165) is 60.8 Å². The Morgan fingerprint density at radius 1 is 0.425 bits per heavy atom. The molecule has 0 aliphatic carbocycles. The molecule has 0 fully saturated rings. The van der Waals surface area contributed by atoms with Gasteiger partial charge in [-0.25, -0.2) is 0 Å². The van der Waals surface area contributed by atoms with Crippen molar-refractivity contribution in [1.29, 1.82) is 0 Å². The molecule has 0 radical (unpaired) electrons. The summed E-state index contributed by atoms with van der Waals surface area (Å²) >= 11 is 0. The van der Waals surface area contributed by atoms with Gasteiger partial charge in [0.2, 0.25) is 10.8 Å². The van der Waals surface area contributed by atoms with Gasteiger partial charge in [0.1, 0.15) is 42.0 Å². The van der Waals surface area contributed by atoms with Crippen LogP contribution in [-0.2, 0) is 0 Å². The van der Waals surface area contributed by atoms with Gasteiger partial charge in [0, 0.05) is 12.8 Å². The molecular weight excluding hydrogens is 529 g/mol. The second-order valence-corrected chi connectivity index (χ2v) is 14.7. The quantitative estimate of drug-likeness (QED) is 0.0754. The summed E-state index contributed by atoms with van der Waals surface area (Å²) in [4.78, 5) is 0.